The molecule has 0 unspecified atom stereocenters. The van der Waals surface area contributed by atoms with Crippen LogP contribution in [-0.4, -0.2) is 39.2 Å². The van der Waals surface area contributed by atoms with Gasteiger partial charge in [0.2, 0.25) is 5.91 Å². The Morgan fingerprint density at radius 2 is 1.93 bits per heavy atom. The van der Waals surface area contributed by atoms with Crippen LogP contribution in [-0.2, 0) is 4.79 Å². The molecule has 0 radical (unpaired) electrons. The lowest BCUT2D eigenvalue weighted by molar-refractivity contribution is -0.121. The summed E-state index contributed by atoms with van der Waals surface area (Å²) in [4.78, 5) is 34.4. The highest BCUT2D eigenvalue weighted by Gasteiger charge is 2.29. The number of fused-ring (bicyclic) bond motifs is 3. The maximum absolute atomic E-state index is 12.9. The number of imidazole rings is 1. The Hall–Kier alpha value is -2.71. The highest BCUT2D eigenvalue weighted by Crippen LogP contribution is 2.30. The molecule has 1 N–H and O–H groups in total. The first kappa shape index (κ1) is 17.4. The number of amides is 2. The zero-order valence-corrected chi connectivity index (χ0v) is 16.6. The van der Waals surface area contributed by atoms with Gasteiger partial charge in [0.15, 0.2) is 4.96 Å². The number of para-hydroxylation sites is 1. The van der Waals surface area contributed by atoms with E-state index in [9.17, 15) is 9.59 Å². The first-order valence-corrected chi connectivity index (χ1v) is 10.9. The van der Waals surface area contributed by atoms with Gasteiger partial charge < -0.3 is 10.2 Å². The number of nitrogens with zero attached hydrogens (tertiary/aromatic N) is 3. The first-order chi connectivity index (χ1) is 13.7. The summed E-state index contributed by atoms with van der Waals surface area (Å²) in [6.45, 7) is 1.20. The van der Waals surface area contributed by atoms with Crippen molar-refractivity contribution in [2.24, 2.45) is 5.92 Å². The van der Waals surface area contributed by atoms with E-state index in [4.69, 9.17) is 0 Å². The molecule has 4 heterocycles. The summed E-state index contributed by atoms with van der Waals surface area (Å²) in [5.74, 6) is 0.0130. The Morgan fingerprint density at radius 3 is 2.71 bits per heavy atom. The Balaban J connectivity index is 1.24. The summed E-state index contributed by atoms with van der Waals surface area (Å²) in [6.07, 6.45) is 3.35. The third-order valence-electron chi connectivity index (χ3n) is 5.14. The minimum absolute atomic E-state index is 0.0357. The zero-order valence-electron chi connectivity index (χ0n) is 15.0. The molecule has 3 aromatic heterocycles. The molecular weight excluding hydrogens is 392 g/mol. The molecule has 1 aliphatic rings. The van der Waals surface area contributed by atoms with Gasteiger partial charge in [0, 0.05) is 36.3 Å². The second-order valence-corrected chi connectivity index (χ2v) is 8.79. The Labute approximate surface area is 169 Å². The minimum atomic E-state index is -0.0588. The van der Waals surface area contributed by atoms with Crippen molar-refractivity contribution in [1.29, 1.82) is 0 Å². The second kappa shape index (κ2) is 7.03. The quantitative estimate of drug-likeness (QED) is 0.553. The van der Waals surface area contributed by atoms with Gasteiger partial charge in [-0.25, -0.2) is 4.98 Å². The van der Waals surface area contributed by atoms with E-state index in [0.717, 1.165) is 21.0 Å². The van der Waals surface area contributed by atoms with E-state index in [2.05, 4.69) is 10.3 Å². The van der Waals surface area contributed by atoms with Crippen LogP contribution in [0.2, 0.25) is 0 Å². The van der Waals surface area contributed by atoms with Crippen molar-refractivity contribution >= 4 is 55.5 Å². The summed E-state index contributed by atoms with van der Waals surface area (Å²) in [7, 11) is 0. The molecule has 1 aromatic carbocycles. The monoisotopic (exact) mass is 410 g/mol. The van der Waals surface area contributed by atoms with Crippen LogP contribution < -0.4 is 5.32 Å². The number of thiophene rings is 1. The van der Waals surface area contributed by atoms with Crippen LogP contribution in [0.1, 0.15) is 22.5 Å². The van der Waals surface area contributed by atoms with E-state index in [-0.39, 0.29) is 17.7 Å². The molecule has 1 saturated heterocycles. The molecule has 28 heavy (non-hydrogen) atoms. The van der Waals surface area contributed by atoms with Crippen molar-refractivity contribution in [2.75, 3.05) is 18.4 Å². The predicted octanol–water partition coefficient (Wildman–Crippen LogP) is 4.10. The lowest BCUT2D eigenvalue weighted by atomic mass is 9.95. The smallest absolute Gasteiger partial charge is 0.264 e. The molecule has 4 aromatic rings. The predicted molar refractivity (Wildman–Crippen MR) is 112 cm³/mol. The van der Waals surface area contributed by atoms with Crippen LogP contribution in [0.25, 0.3) is 15.3 Å². The van der Waals surface area contributed by atoms with Gasteiger partial charge in [0.1, 0.15) is 4.83 Å². The maximum Gasteiger partial charge on any atom is 0.264 e. The highest BCUT2D eigenvalue weighted by molar-refractivity contribution is 7.21. The van der Waals surface area contributed by atoms with E-state index >= 15 is 0 Å². The van der Waals surface area contributed by atoms with E-state index in [1.807, 2.05) is 57.3 Å². The number of thiazole rings is 1. The maximum atomic E-state index is 12.9. The molecule has 8 heteroatoms. The van der Waals surface area contributed by atoms with Crippen molar-refractivity contribution in [2.45, 2.75) is 12.8 Å². The van der Waals surface area contributed by atoms with Crippen LogP contribution in [0.3, 0.4) is 0 Å². The van der Waals surface area contributed by atoms with Crippen LogP contribution in [0.5, 0.6) is 0 Å². The van der Waals surface area contributed by atoms with Crippen LogP contribution in [0.4, 0.5) is 5.69 Å². The molecular formula is C20H18N4O2S2. The van der Waals surface area contributed by atoms with E-state index < -0.39 is 0 Å². The number of nitrogens with one attached hydrogen (secondary N) is 1. The fraction of sp³-hybridized carbons (Fsp3) is 0.250. The number of carbonyl (C=O) groups is 2. The molecule has 2 amide bonds. The number of piperidine rings is 1. The number of likely N-dealkylation sites (tertiary alicyclic amines) is 1. The number of hydrogen-bond donors (Lipinski definition) is 1. The molecule has 142 valence electrons. The molecule has 6 nitrogen and oxygen atoms in total. The molecule has 1 fully saturated rings. The molecule has 0 atom stereocenters. The van der Waals surface area contributed by atoms with E-state index in [1.54, 1.807) is 11.3 Å². The fourth-order valence-corrected chi connectivity index (χ4v) is 5.39. The summed E-state index contributed by atoms with van der Waals surface area (Å²) >= 11 is 3.03. The summed E-state index contributed by atoms with van der Waals surface area (Å²) in [5, 5.41) is 4.96. The normalized spacial score (nSPS) is 15.4. The lowest BCUT2D eigenvalue weighted by Gasteiger charge is -2.31. The number of aromatic nitrogens is 2. The van der Waals surface area contributed by atoms with Gasteiger partial charge in [-0.3, -0.25) is 14.0 Å². The third kappa shape index (κ3) is 3.08. The van der Waals surface area contributed by atoms with Crippen molar-refractivity contribution in [3.05, 3.63) is 52.9 Å². The van der Waals surface area contributed by atoms with E-state index in [0.29, 0.717) is 30.8 Å². The van der Waals surface area contributed by atoms with Crippen LogP contribution in [0.15, 0.2) is 48.0 Å². The number of benzene rings is 1. The first-order valence-electron chi connectivity index (χ1n) is 9.19. The number of carbonyl (C=O) groups excluding carboxylic acids is 2. The number of hydrogen-bond acceptors (Lipinski definition) is 5. The van der Waals surface area contributed by atoms with Gasteiger partial charge in [-0.15, -0.1) is 22.7 Å². The lowest BCUT2D eigenvalue weighted by Crippen LogP contribution is -2.41. The summed E-state index contributed by atoms with van der Waals surface area (Å²) < 4.78 is 2.02. The molecule has 0 bridgehead atoms. The average Bonchev–Trinajstić information content (AvgIpc) is 3.41. The second-order valence-electron chi connectivity index (χ2n) is 6.89. The fourth-order valence-electron chi connectivity index (χ4n) is 3.62. The number of rotatable bonds is 3. The molecule has 0 saturated carbocycles. The van der Waals surface area contributed by atoms with Gasteiger partial charge >= 0.3 is 0 Å². The van der Waals surface area contributed by atoms with Crippen LogP contribution >= 0.6 is 22.7 Å². The molecule has 1 aliphatic heterocycles. The van der Waals surface area contributed by atoms with Gasteiger partial charge in [-0.2, -0.15) is 0 Å². The van der Waals surface area contributed by atoms with Gasteiger partial charge in [0.05, 0.1) is 10.4 Å². The third-order valence-corrected chi connectivity index (χ3v) is 6.91. The molecule has 0 aliphatic carbocycles. The van der Waals surface area contributed by atoms with Crippen molar-refractivity contribution in [3.63, 3.8) is 0 Å². The highest BCUT2D eigenvalue weighted by atomic mass is 32.1. The Bertz CT molecular complexity index is 1150. The summed E-state index contributed by atoms with van der Waals surface area (Å²) in [6, 6.07) is 11.4. The largest absolute Gasteiger partial charge is 0.338 e. The summed E-state index contributed by atoms with van der Waals surface area (Å²) in [5.41, 5.74) is 1.80. The molecule has 5 rings (SSSR count). The average molecular weight is 411 g/mol. The van der Waals surface area contributed by atoms with Crippen molar-refractivity contribution in [3.8, 4) is 0 Å². The molecule has 0 spiro atoms. The van der Waals surface area contributed by atoms with Gasteiger partial charge in [-0.1, -0.05) is 18.2 Å². The van der Waals surface area contributed by atoms with Crippen LogP contribution in [0, 0.1) is 5.92 Å². The van der Waals surface area contributed by atoms with Gasteiger partial charge in [0.25, 0.3) is 5.91 Å². The Morgan fingerprint density at radius 1 is 1.14 bits per heavy atom. The topological polar surface area (TPSA) is 66.7 Å². The van der Waals surface area contributed by atoms with Crippen molar-refractivity contribution < 1.29 is 9.59 Å². The number of anilines is 1. The SMILES string of the molecule is O=C(Nc1ccccc1)C1CCN(C(=O)c2cc3c(nc4sccn43)s2)CC1. The Kier molecular flexibility index (Phi) is 4.37. The zero-order chi connectivity index (χ0) is 19.1. The standard InChI is InChI=1S/C20H18N4O2S2/c25-17(21-14-4-2-1-3-5-14)13-6-8-23(9-7-13)19(26)16-12-15-18(28-16)22-20-24(15)10-11-27-20/h1-5,10-13H,6-9H2,(H,21,25). The minimum Gasteiger partial charge on any atom is -0.338 e. The van der Waals surface area contributed by atoms with Crippen molar-refractivity contribution in [1.82, 2.24) is 14.3 Å². The van der Waals surface area contributed by atoms with E-state index in [1.165, 1.54) is 11.3 Å². The van der Waals surface area contributed by atoms with Gasteiger partial charge in [-0.05, 0) is 31.0 Å².